The lowest BCUT2D eigenvalue weighted by Crippen LogP contribution is -2.38. The van der Waals surface area contributed by atoms with Crippen LogP contribution in [0.25, 0.3) is 0 Å². The molecule has 6 heteroatoms. The van der Waals surface area contributed by atoms with Gasteiger partial charge in [-0.25, -0.2) is 0 Å². The molecular formula is C14H21Br2ClN2O. The number of aromatic hydroxyl groups is 1. The summed E-state index contributed by atoms with van der Waals surface area (Å²) in [4.78, 5) is 2.32. The summed E-state index contributed by atoms with van der Waals surface area (Å²) in [6, 6.07) is 4.78. The van der Waals surface area contributed by atoms with Gasteiger partial charge in [-0.3, -0.25) is 4.90 Å². The molecule has 2 rings (SSSR count). The number of nitrogens with two attached hydrogens (primary N) is 1. The van der Waals surface area contributed by atoms with Crippen molar-refractivity contribution in [3.63, 3.8) is 0 Å². The van der Waals surface area contributed by atoms with Crippen LogP contribution in [0.3, 0.4) is 0 Å². The number of benzene rings is 1. The highest BCUT2D eigenvalue weighted by Gasteiger charge is 2.22. The summed E-state index contributed by atoms with van der Waals surface area (Å²) in [5.41, 5.74) is 6.89. The molecular weight excluding hydrogens is 407 g/mol. The zero-order chi connectivity index (χ0) is 14.0. The lowest BCUT2D eigenvalue weighted by atomic mass is 9.91. The third kappa shape index (κ3) is 4.60. The summed E-state index contributed by atoms with van der Waals surface area (Å²) < 4.78 is 1.71. The molecule has 3 N–H and O–H groups in total. The minimum absolute atomic E-state index is 0. The minimum Gasteiger partial charge on any atom is -0.506 e. The van der Waals surface area contributed by atoms with Gasteiger partial charge in [0.25, 0.3) is 0 Å². The van der Waals surface area contributed by atoms with E-state index in [1.54, 1.807) is 0 Å². The van der Waals surface area contributed by atoms with E-state index in [4.69, 9.17) is 5.73 Å². The number of nitrogens with zero attached hydrogens (tertiary/aromatic N) is 1. The Bertz CT molecular complexity index is 451. The van der Waals surface area contributed by atoms with Crippen molar-refractivity contribution in [3.8, 4) is 5.75 Å². The van der Waals surface area contributed by atoms with Gasteiger partial charge in [0, 0.05) is 28.7 Å². The van der Waals surface area contributed by atoms with Crippen LogP contribution in [0.15, 0.2) is 21.1 Å². The Balaban J connectivity index is 0.00000200. The normalized spacial score (nSPS) is 22.6. The van der Waals surface area contributed by atoms with Crippen molar-refractivity contribution in [2.75, 3.05) is 7.05 Å². The van der Waals surface area contributed by atoms with Gasteiger partial charge in [0.15, 0.2) is 0 Å². The number of hydrogen-bond acceptors (Lipinski definition) is 3. The lowest BCUT2D eigenvalue weighted by molar-refractivity contribution is 0.175. The van der Waals surface area contributed by atoms with Crippen molar-refractivity contribution < 1.29 is 5.11 Å². The molecule has 0 saturated heterocycles. The van der Waals surface area contributed by atoms with Crippen LogP contribution >= 0.6 is 44.3 Å². The van der Waals surface area contributed by atoms with Gasteiger partial charge < -0.3 is 10.8 Å². The van der Waals surface area contributed by atoms with E-state index >= 15 is 0 Å². The number of rotatable bonds is 3. The predicted octanol–water partition coefficient (Wildman–Crippen LogP) is 4.04. The van der Waals surface area contributed by atoms with E-state index in [1.807, 2.05) is 12.1 Å². The highest BCUT2D eigenvalue weighted by Crippen LogP contribution is 2.33. The van der Waals surface area contributed by atoms with Crippen molar-refractivity contribution in [1.82, 2.24) is 4.90 Å². The topological polar surface area (TPSA) is 49.5 Å². The highest BCUT2D eigenvalue weighted by atomic mass is 79.9. The molecule has 114 valence electrons. The molecule has 0 amide bonds. The molecule has 1 aromatic rings. The first-order valence-electron chi connectivity index (χ1n) is 6.60. The van der Waals surface area contributed by atoms with Crippen molar-refractivity contribution in [1.29, 1.82) is 0 Å². The molecule has 1 aliphatic carbocycles. The number of phenolic OH excluding ortho intramolecular Hbond substituents is 1. The molecule has 0 aromatic heterocycles. The number of hydrogen-bond donors (Lipinski definition) is 2. The van der Waals surface area contributed by atoms with Crippen LogP contribution in [0, 0.1) is 0 Å². The minimum atomic E-state index is 0. The van der Waals surface area contributed by atoms with Crippen molar-refractivity contribution >= 4 is 44.3 Å². The Kier molecular flexibility index (Phi) is 7.29. The Labute approximate surface area is 143 Å². The first-order chi connectivity index (χ1) is 8.97. The largest absolute Gasteiger partial charge is 0.506 e. The average molecular weight is 429 g/mol. The smallest absolute Gasteiger partial charge is 0.134 e. The standard InChI is InChI=1S/C14H20Br2N2O.ClH/c1-18(12-4-2-11(17)3-5-12)8-9-6-10(15)7-13(16)14(9)19;/h6-7,11-12,19H,2-5,8,17H2,1H3;1H. The fourth-order valence-corrected chi connectivity index (χ4v) is 3.99. The van der Waals surface area contributed by atoms with Crippen molar-refractivity contribution in [3.05, 3.63) is 26.6 Å². The molecule has 3 nitrogen and oxygen atoms in total. The predicted molar refractivity (Wildman–Crippen MR) is 92.5 cm³/mol. The van der Waals surface area contributed by atoms with E-state index in [2.05, 4.69) is 43.8 Å². The van der Waals surface area contributed by atoms with Gasteiger partial charge in [-0.2, -0.15) is 0 Å². The molecule has 0 radical (unpaired) electrons. The molecule has 1 fully saturated rings. The molecule has 0 aliphatic heterocycles. The maximum absolute atomic E-state index is 10.1. The van der Waals surface area contributed by atoms with Gasteiger partial charge in [-0.15, -0.1) is 12.4 Å². The third-order valence-electron chi connectivity index (χ3n) is 3.89. The fraction of sp³-hybridized carbons (Fsp3) is 0.571. The Morgan fingerprint density at radius 3 is 2.45 bits per heavy atom. The second-order valence-corrected chi connectivity index (χ2v) is 7.15. The Hall–Kier alpha value is 0.190. The van der Waals surface area contributed by atoms with Crippen molar-refractivity contribution in [2.24, 2.45) is 5.73 Å². The molecule has 1 aliphatic rings. The zero-order valence-corrected chi connectivity index (χ0v) is 15.5. The van der Waals surface area contributed by atoms with E-state index in [0.717, 1.165) is 46.7 Å². The first-order valence-corrected chi connectivity index (χ1v) is 8.18. The van der Waals surface area contributed by atoms with E-state index in [9.17, 15) is 5.11 Å². The summed E-state index contributed by atoms with van der Waals surface area (Å²) in [7, 11) is 2.12. The summed E-state index contributed by atoms with van der Waals surface area (Å²) in [6.45, 7) is 0.754. The summed E-state index contributed by atoms with van der Waals surface area (Å²) in [6.07, 6.45) is 4.49. The van der Waals surface area contributed by atoms with Crippen molar-refractivity contribution in [2.45, 2.75) is 44.3 Å². The molecule has 0 heterocycles. The van der Waals surface area contributed by atoms with Gasteiger partial charge in [-0.1, -0.05) is 15.9 Å². The monoisotopic (exact) mass is 426 g/mol. The molecule has 0 atom stereocenters. The van der Waals surface area contributed by atoms with Gasteiger partial charge >= 0.3 is 0 Å². The first kappa shape index (κ1) is 18.2. The SMILES string of the molecule is CN(Cc1cc(Br)cc(Br)c1O)C1CCC(N)CC1.Cl. The maximum Gasteiger partial charge on any atom is 0.134 e. The second-order valence-electron chi connectivity index (χ2n) is 5.38. The Morgan fingerprint density at radius 1 is 1.25 bits per heavy atom. The molecule has 1 aromatic carbocycles. The van der Waals surface area contributed by atoms with Crippen LogP contribution < -0.4 is 5.73 Å². The van der Waals surface area contributed by atoms with Crippen LogP contribution in [0.5, 0.6) is 5.75 Å². The number of halogens is 3. The van der Waals surface area contributed by atoms with Crippen LogP contribution in [0.2, 0.25) is 0 Å². The van der Waals surface area contributed by atoms with Gasteiger partial charge in [-0.05, 0) is 60.8 Å². The maximum atomic E-state index is 10.1. The highest BCUT2D eigenvalue weighted by molar-refractivity contribution is 9.11. The molecule has 0 spiro atoms. The van der Waals surface area contributed by atoms with Crippen LogP contribution in [0.4, 0.5) is 0 Å². The second kappa shape index (κ2) is 7.99. The van der Waals surface area contributed by atoms with E-state index in [-0.39, 0.29) is 12.4 Å². The molecule has 1 saturated carbocycles. The average Bonchev–Trinajstić information content (AvgIpc) is 2.36. The van der Waals surface area contributed by atoms with Gasteiger partial charge in [0.2, 0.25) is 0 Å². The zero-order valence-electron chi connectivity index (χ0n) is 11.5. The Morgan fingerprint density at radius 2 is 1.85 bits per heavy atom. The van der Waals surface area contributed by atoms with Crippen LogP contribution in [-0.4, -0.2) is 29.1 Å². The lowest BCUT2D eigenvalue weighted by Gasteiger charge is -2.33. The summed E-state index contributed by atoms with van der Waals surface area (Å²) in [5, 5.41) is 10.1. The quantitative estimate of drug-likeness (QED) is 0.764. The van der Waals surface area contributed by atoms with Crippen LogP contribution in [-0.2, 0) is 6.54 Å². The van der Waals surface area contributed by atoms with E-state index < -0.39 is 0 Å². The van der Waals surface area contributed by atoms with E-state index in [1.165, 1.54) is 0 Å². The van der Waals surface area contributed by atoms with Gasteiger partial charge in [0.05, 0.1) is 4.47 Å². The third-order valence-corrected chi connectivity index (χ3v) is 4.95. The molecule has 20 heavy (non-hydrogen) atoms. The van der Waals surface area contributed by atoms with Gasteiger partial charge in [0.1, 0.15) is 5.75 Å². The fourth-order valence-electron chi connectivity index (χ4n) is 2.68. The summed E-state index contributed by atoms with van der Waals surface area (Å²) >= 11 is 6.84. The molecule has 0 unspecified atom stereocenters. The van der Waals surface area contributed by atoms with E-state index in [0.29, 0.717) is 17.8 Å². The number of phenols is 1. The molecule has 0 bridgehead atoms. The van der Waals surface area contributed by atoms with Crippen LogP contribution in [0.1, 0.15) is 31.2 Å². The summed E-state index contributed by atoms with van der Waals surface area (Å²) in [5.74, 6) is 0.336.